The van der Waals surface area contributed by atoms with Gasteiger partial charge in [-0.3, -0.25) is 9.59 Å². The number of unbranched alkanes of at least 4 members (excludes halogenated alkanes) is 1. The van der Waals surface area contributed by atoms with Gasteiger partial charge < -0.3 is 29.4 Å². The number of methoxy groups -OCH3 is 2. The van der Waals surface area contributed by atoms with Gasteiger partial charge in [0.05, 0.1) is 26.4 Å². The summed E-state index contributed by atoms with van der Waals surface area (Å²) in [4.78, 5) is 24.6. The van der Waals surface area contributed by atoms with E-state index in [2.05, 4.69) is 5.32 Å². The Balaban J connectivity index is 1.32. The number of nitrogens with one attached hydrogen (secondary N) is 1. The fourth-order valence-electron chi connectivity index (χ4n) is 3.94. The fraction of sp³-hybridized carbons (Fsp3) is 0.355. The predicted octanol–water partition coefficient (Wildman–Crippen LogP) is 5.14. The summed E-state index contributed by atoms with van der Waals surface area (Å²) in [6, 6.07) is 21.0. The van der Waals surface area contributed by atoms with Crippen LogP contribution in [0.1, 0.15) is 54.6 Å². The van der Waals surface area contributed by atoms with Crippen molar-refractivity contribution < 1.29 is 33.6 Å². The number of ketones is 1. The Bertz CT molecular complexity index is 1160. The number of benzene rings is 3. The molecule has 8 nitrogen and oxygen atoms in total. The molecular weight excluding hydrogens is 498 g/mol. The molecule has 0 aliphatic rings. The molecule has 2 atom stereocenters. The molecule has 0 saturated carbocycles. The average molecular weight is 536 g/mol. The van der Waals surface area contributed by atoms with E-state index in [0.29, 0.717) is 61.5 Å². The Morgan fingerprint density at radius 2 is 1.18 bits per heavy atom. The molecule has 3 aromatic carbocycles. The molecule has 39 heavy (non-hydrogen) atoms. The van der Waals surface area contributed by atoms with Crippen molar-refractivity contribution in [1.82, 2.24) is 5.32 Å². The zero-order valence-corrected chi connectivity index (χ0v) is 22.7. The summed E-state index contributed by atoms with van der Waals surface area (Å²) in [6.45, 7) is 2.51. The molecule has 0 fully saturated rings. The molecule has 0 aliphatic heterocycles. The fourth-order valence-corrected chi connectivity index (χ4v) is 3.94. The lowest BCUT2D eigenvalue weighted by molar-refractivity contribution is -0.122. The highest BCUT2D eigenvalue weighted by molar-refractivity contribution is 5.96. The highest BCUT2D eigenvalue weighted by Gasteiger charge is 2.18. The standard InChI is InChI=1S/C31H37NO7/c1-22(32-30(34)7-5-4-6-29(33)23-8-12-25(36-2)13-9-23)31(35)24-10-14-27(15-11-24)38-20-21-39-28-18-16-26(37-3)17-19-28/h8-19,22,31,35H,4-7,20-21H2,1-3H3,(H,32,34)/t22?,31-/m0/s1. The Morgan fingerprint density at radius 3 is 1.72 bits per heavy atom. The van der Waals surface area contributed by atoms with Crippen LogP contribution in [0, 0.1) is 0 Å². The number of aliphatic hydroxyl groups is 1. The van der Waals surface area contributed by atoms with Gasteiger partial charge in [0.25, 0.3) is 0 Å². The molecular formula is C31H37NO7. The van der Waals surface area contributed by atoms with Gasteiger partial charge >= 0.3 is 0 Å². The maximum Gasteiger partial charge on any atom is 0.220 e. The van der Waals surface area contributed by atoms with E-state index >= 15 is 0 Å². The van der Waals surface area contributed by atoms with E-state index in [4.69, 9.17) is 18.9 Å². The van der Waals surface area contributed by atoms with E-state index in [1.54, 1.807) is 69.7 Å². The molecule has 3 rings (SSSR count). The molecule has 2 N–H and O–H groups in total. The predicted molar refractivity (Wildman–Crippen MR) is 149 cm³/mol. The van der Waals surface area contributed by atoms with Crippen LogP contribution in [-0.4, -0.2) is 50.3 Å². The Hall–Kier alpha value is -4.04. The maximum atomic E-state index is 12.4. The van der Waals surface area contributed by atoms with Crippen LogP contribution in [-0.2, 0) is 4.79 Å². The molecule has 3 aromatic rings. The maximum absolute atomic E-state index is 12.4. The minimum absolute atomic E-state index is 0.0408. The Morgan fingerprint density at radius 1 is 0.718 bits per heavy atom. The first-order chi connectivity index (χ1) is 18.9. The van der Waals surface area contributed by atoms with Crippen LogP contribution in [0.3, 0.4) is 0 Å². The minimum atomic E-state index is -0.863. The number of rotatable bonds is 16. The van der Waals surface area contributed by atoms with Gasteiger partial charge in [0, 0.05) is 18.4 Å². The highest BCUT2D eigenvalue weighted by Crippen LogP contribution is 2.21. The number of aliphatic hydroxyl groups excluding tert-OH is 1. The lowest BCUT2D eigenvalue weighted by Crippen LogP contribution is -2.36. The van der Waals surface area contributed by atoms with Crippen molar-refractivity contribution in [3.05, 3.63) is 83.9 Å². The SMILES string of the molecule is COc1ccc(OCCOc2ccc([C@@H](O)C(C)NC(=O)CCCCC(=O)c3ccc(OC)cc3)cc2)cc1. The third kappa shape index (κ3) is 9.65. The number of hydrogen-bond acceptors (Lipinski definition) is 7. The molecule has 1 amide bonds. The quantitative estimate of drug-likeness (QED) is 0.193. The monoisotopic (exact) mass is 535 g/mol. The van der Waals surface area contributed by atoms with Gasteiger partial charge in [-0.2, -0.15) is 0 Å². The van der Waals surface area contributed by atoms with Gasteiger partial charge in [-0.15, -0.1) is 0 Å². The molecule has 208 valence electrons. The smallest absolute Gasteiger partial charge is 0.220 e. The van der Waals surface area contributed by atoms with Gasteiger partial charge in [0.2, 0.25) is 5.91 Å². The van der Waals surface area contributed by atoms with Crippen LogP contribution in [0.15, 0.2) is 72.8 Å². The van der Waals surface area contributed by atoms with Crippen LogP contribution < -0.4 is 24.3 Å². The van der Waals surface area contributed by atoms with Gasteiger partial charge in [0.1, 0.15) is 36.2 Å². The average Bonchev–Trinajstić information content (AvgIpc) is 2.97. The number of ether oxygens (including phenoxy) is 4. The summed E-state index contributed by atoms with van der Waals surface area (Å²) in [7, 11) is 3.20. The number of hydrogen-bond donors (Lipinski definition) is 2. The van der Waals surface area contributed by atoms with Crippen LogP contribution in [0.4, 0.5) is 0 Å². The third-order valence-electron chi connectivity index (χ3n) is 6.23. The van der Waals surface area contributed by atoms with Gasteiger partial charge in [-0.1, -0.05) is 12.1 Å². The van der Waals surface area contributed by atoms with Crippen molar-refractivity contribution in [3.63, 3.8) is 0 Å². The number of carbonyl (C=O) groups is 2. The lowest BCUT2D eigenvalue weighted by Gasteiger charge is -2.21. The van der Waals surface area contributed by atoms with Crippen molar-refractivity contribution in [2.75, 3.05) is 27.4 Å². The largest absolute Gasteiger partial charge is 0.497 e. The molecule has 0 bridgehead atoms. The second-order valence-corrected chi connectivity index (χ2v) is 9.10. The second kappa shape index (κ2) is 15.4. The van der Waals surface area contributed by atoms with E-state index in [-0.39, 0.29) is 11.7 Å². The summed E-state index contributed by atoms with van der Waals surface area (Å²) in [5, 5.41) is 13.5. The number of Topliss-reactive ketones (excluding diaryl/α,β-unsaturated/α-hetero) is 1. The lowest BCUT2D eigenvalue weighted by atomic mass is 10.0. The first-order valence-electron chi connectivity index (χ1n) is 13.0. The van der Waals surface area contributed by atoms with E-state index < -0.39 is 12.1 Å². The first-order valence-corrected chi connectivity index (χ1v) is 13.0. The third-order valence-corrected chi connectivity index (χ3v) is 6.23. The van der Waals surface area contributed by atoms with Crippen molar-refractivity contribution >= 4 is 11.7 Å². The number of carbonyl (C=O) groups excluding carboxylic acids is 2. The molecule has 8 heteroatoms. The normalized spacial score (nSPS) is 12.2. The molecule has 0 spiro atoms. The summed E-state index contributed by atoms with van der Waals surface area (Å²) in [6.07, 6.45) is 1.00. The van der Waals surface area contributed by atoms with Crippen molar-refractivity contribution in [2.45, 2.75) is 44.8 Å². The summed E-state index contributed by atoms with van der Waals surface area (Å²) in [5.41, 5.74) is 1.31. The van der Waals surface area contributed by atoms with Gasteiger partial charge in [0.15, 0.2) is 5.78 Å². The van der Waals surface area contributed by atoms with Crippen molar-refractivity contribution in [2.24, 2.45) is 0 Å². The van der Waals surface area contributed by atoms with Crippen molar-refractivity contribution in [3.8, 4) is 23.0 Å². The van der Waals surface area contributed by atoms with E-state index in [9.17, 15) is 14.7 Å². The van der Waals surface area contributed by atoms with Gasteiger partial charge in [-0.05, 0) is 86.0 Å². The zero-order chi connectivity index (χ0) is 28.0. The number of amides is 1. The summed E-state index contributed by atoms with van der Waals surface area (Å²) < 4.78 is 21.6. The van der Waals surface area contributed by atoms with Crippen LogP contribution >= 0.6 is 0 Å². The molecule has 0 heterocycles. The van der Waals surface area contributed by atoms with E-state index in [0.717, 1.165) is 11.5 Å². The Labute approximate surface area is 229 Å². The van der Waals surface area contributed by atoms with E-state index in [1.807, 2.05) is 24.3 Å². The summed E-state index contributed by atoms with van der Waals surface area (Å²) in [5.74, 6) is 2.75. The molecule has 0 aromatic heterocycles. The molecule has 0 saturated heterocycles. The Kier molecular flexibility index (Phi) is 11.6. The van der Waals surface area contributed by atoms with Crippen LogP contribution in [0.2, 0.25) is 0 Å². The van der Waals surface area contributed by atoms with Crippen LogP contribution in [0.25, 0.3) is 0 Å². The molecule has 0 aliphatic carbocycles. The van der Waals surface area contributed by atoms with Gasteiger partial charge in [-0.25, -0.2) is 0 Å². The van der Waals surface area contributed by atoms with Crippen LogP contribution in [0.5, 0.6) is 23.0 Å². The minimum Gasteiger partial charge on any atom is -0.497 e. The first kappa shape index (κ1) is 29.5. The summed E-state index contributed by atoms with van der Waals surface area (Å²) >= 11 is 0. The van der Waals surface area contributed by atoms with Crippen molar-refractivity contribution in [1.29, 1.82) is 0 Å². The zero-order valence-electron chi connectivity index (χ0n) is 22.7. The van der Waals surface area contributed by atoms with E-state index in [1.165, 1.54) is 0 Å². The topological polar surface area (TPSA) is 103 Å². The molecule has 0 radical (unpaired) electrons. The highest BCUT2D eigenvalue weighted by atomic mass is 16.5. The second-order valence-electron chi connectivity index (χ2n) is 9.10. The molecule has 1 unspecified atom stereocenters.